The van der Waals surface area contributed by atoms with Gasteiger partial charge in [0.15, 0.2) is 24.8 Å². The zero-order chi connectivity index (χ0) is 66.7. The molecule has 0 bridgehead atoms. The van der Waals surface area contributed by atoms with Crippen molar-refractivity contribution in [1.29, 1.82) is 0 Å². The molecule has 88 heavy (non-hydrogen) atoms. The van der Waals surface area contributed by atoms with Crippen molar-refractivity contribution in [2.75, 3.05) is 0 Å². The molecule has 0 saturated carbocycles. The van der Waals surface area contributed by atoms with Gasteiger partial charge in [-0.15, -0.1) is 0 Å². The van der Waals surface area contributed by atoms with Crippen molar-refractivity contribution in [3.63, 3.8) is 0 Å². The van der Waals surface area contributed by atoms with Crippen LogP contribution in [0.25, 0.3) is 73.0 Å². The van der Waals surface area contributed by atoms with Crippen LogP contribution in [0.15, 0.2) is 213 Å². The van der Waals surface area contributed by atoms with Crippen molar-refractivity contribution in [1.82, 2.24) is 0 Å². The number of fused-ring (bicyclic) bond motifs is 5. The molecule has 0 radical (unpaired) electrons. The van der Waals surface area contributed by atoms with Gasteiger partial charge in [-0.2, -0.15) is 0 Å². The number of aryl methyl sites for hydroxylation is 8. The van der Waals surface area contributed by atoms with Crippen LogP contribution in [0.5, 0.6) is 0 Å². The molecule has 0 atom stereocenters. The second-order valence-electron chi connectivity index (χ2n) is 18.6. The van der Waals surface area contributed by atoms with E-state index in [-0.39, 0.29) is 0 Å². The van der Waals surface area contributed by atoms with Gasteiger partial charge in [-0.3, -0.25) is 0 Å². The SMILES string of the molecule is CC.CC.CC.CC.CC.CC.CC.CC.CC.Cc1ccc2c(c1-c1cccc[n+]1C)Cc1ccccc1-2.Cc1ccccc1-c1c2c(cc[n+]1C)C=CC2.Cc1ccccc1-c1c2ccccc2cc[n+]1C.Cc1ccccc1-c1cccc[n+]1C. The molecule has 4 heteroatoms. The Bertz CT molecular complexity index is 3500. The van der Waals surface area contributed by atoms with Crippen LogP contribution >= 0.6 is 0 Å². The van der Waals surface area contributed by atoms with E-state index in [1.165, 1.54) is 111 Å². The van der Waals surface area contributed by atoms with Crippen LogP contribution < -0.4 is 18.3 Å². The van der Waals surface area contributed by atoms with Crippen LogP contribution in [0.2, 0.25) is 0 Å². The fraction of sp³-hybridized carbons (Fsp3) is 0.333. The lowest BCUT2D eigenvalue weighted by Crippen LogP contribution is -2.32. The van der Waals surface area contributed by atoms with E-state index in [2.05, 4.69) is 287 Å². The highest BCUT2D eigenvalue weighted by molar-refractivity contribution is 5.93. The van der Waals surface area contributed by atoms with Gasteiger partial charge in [-0.05, 0) is 132 Å². The second kappa shape index (κ2) is 46.1. The highest BCUT2D eigenvalue weighted by atomic mass is 14.9. The van der Waals surface area contributed by atoms with Crippen LogP contribution in [0.4, 0.5) is 0 Å². The standard InChI is InChI=1S/C20H18N.C17H16N.C16H16N.C13H14N.9C2H6/c1-14-10-11-17-16-8-4-3-7-15(16)13-18(17)20(14)19-9-5-6-12-21(19)2;1-13-7-3-5-9-15(13)17-16-10-6-4-8-14(16)11-12-18(17)2;1-12-6-3-4-8-14(12)16-15-9-5-7-13(15)10-11-17(16)2;1-11-7-3-4-8-12(11)13-9-5-6-10-14(13)2;9*1-2/h3-12H,13H2,1-2H3;3-12H,1-2H3;3-8,10-11H,9H2,1-2H3;3-10H,1-2H3;9*1-2H3/q4*+1;;;;;;;;;. The van der Waals surface area contributed by atoms with Crippen LogP contribution in [0.3, 0.4) is 0 Å². The molecule has 6 aromatic carbocycles. The first-order chi connectivity index (χ1) is 43.1. The molecule has 4 nitrogen and oxygen atoms in total. The fourth-order valence-corrected chi connectivity index (χ4v) is 10.2. The Labute approximate surface area is 539 Å². The fourth-order valence-electron chi connectivity index (χ4n) is 10.2. The van der Waals surface area contributed by atoms with Crippen molar-refractivity contribution in [2.24, 2.45) is 28.2 Å². The van der Waals surface area contributed by atoms with Gasteiger partial charge >= 0.3 is 0 Å². The molecule has 0 fully saturated rings. The number of allylic oxidation sites excluding steroid dienone is 1. The third-order valence-electron chi connectivity index (χ3n) is 13.9. The Morgan fingerprint density at radius 2 is 0.716 bits per heavy atom. The molecule has 0 N–H and O–H groups in total. The Morgan fingerprint density at radius 1 is 0.295 bits per heavy atom. The zero-order valence-corrected chi connectivity index (χ0v) is 60.0. The number of nitrogens with zero attached hydrogens (tertiary/aromatic N) is 4. The molecule has 0 spiro atoms. The van der Waals surface area contributed by atoms with Crippen molar-refractivity contribution in [3.8, 4) is 56.2 Å². The van der Waals surface area contributed by atoms with Gasteiger partial charge in [-0.25, -0.2) is 18.3 Å². The minimum atomic E-state index is 1.04. The van der Waals surface area contributed by atoms with Gasteiger partial charge in [0.2, 0.25) is 22.8 Å². The predicted molar refractivity (Wildman–Crippen MR) is 392 cm³/mol. The molecule has 10 aromatic rings. The Kier molecular flexibility index (Phi) is 41.9. The molecular weight excluding hydrogens is 1060 g/mol. The van der Waals surface area contributed by atoms with E-state index in [0.717, 1.165) is 12.8 Å². The quantitative estimate of drug-likeness (QED) is 0.156. The molecule has 0 amide bonds. The normalized spacial score (nSPS) is 9.80. The lowest BCUT2D eigenvalue weighted by molar-refractivity contribution is -0.660. The van der Waals surface area contributed by atoms with E-state index >= 15 is 0 Å². The molecule has 4 heterocycles. The maximum Gasteiger partial charge on any atom is 0.220 e. The van der Waals surface area contributed by atoms with E-state index in [1.807, 2.05) is 131 Å². The molecule has 0 saturated heterocycles. The number of aromatic nitrogens is 4. The van der Waals surface area contributed by atoms with Crippen LogP contribution in [0, 0.1) is 27.7 Å². The lowest BCUT2D eigenvalue weighted by Gasteiger charge is -2.10. The summed E-state index contributed by atoms with van der Waals surface area (Å²) >= 11 is 0. The Balaban J connectivity index is 0.00000106. The summed E-state index contributed by atoms with van der Waals surface area (Å²) in [5.74, 6) is 0. The maximum absolute atomic E-state index is 2.28. The van der Waals surface area contributed by atoms with E-state index in [4.69, 9.17) is 0 Å². The first-order valence-corrected chi connectivity index (χ1v) is 33.4. The summed E-state index contributed by atoms with van der Waals surface area (Å²) in [4.78, 5) is 0. The summed E-state index contributed by atoms with van der Waals surface area (Å²) in [7, 11) is 8.42. The monoisotopic (exact) mass is 1180 g/mol. The second-order valence-corrected chi connectivity index (χ2v) is 18.6. The van der Waals surface area contributed by atoms with Crippen molar-refractivity contribution < 1.29 is 18.3 Å². The molecule has 4 aromatic heterocycles. The molecule has 2 aliphatic carbocycles. The summed E-state index contributed by atoms with van der Waals surface area (Å²) < 4.78 is 8.78. The van der Waals surface area contributed by atoms with E-state index in [0.29, 0.717) is 0 Å². The maximum atomic E-state index is 2.28. The Hall–Kier alpha value is -8.08. The van der Waals surface area contributed by atoms with Gasteiger partial charge in [0.05, 0.1) is 10.9 Å². The summed E-state index contributed by atoms with van der Waals surface area (Å²) in [5, 5.41) is 2.59. The first kappa shape index (κ1) is 79.9. The smallest absolute Gasteiger partial charge is 0.201 e. The summed E-state index contributed by atoms with van der Waals surface area (Å²) in [6.07, 6.45) is 15.0. The van der Waals surface area contributed by atoms with Gasteiger partial charge < -0.3 is 0 Å². The molecule has 12 rings (SSSR count). The van der Waals surface area contributed by atoms with Crippen molar-refractivity contribution in [3.05, 3.63) is 257 Å². The number of benzene rings is 6. The van der Waals surface area contributed by atoms with Crippen LogP contribution in [-0.2, 0) is 41.0 Å². The first-order valence-electron chi connectivity index (χ1n) is 33.4. The predicted octanol–water partition coefficient (Wildman–Crippen LogP) is 22.5. The molecular formula is C84H118N4+4. The molecule has 470 valence electrons. The third-order valence-corrected chi connectivity index (χ3v) is 13.9. The van der Waals surface area contributed by atoms with E-state index in [1.54, 1.807) is 0 Å². The van der Waals surface area contributed by atoms with E-state index in [9.17, 15) is 0 Å². The molecule has 0 unspecified atom stereocenters. The van der Waals surface area contributed by atoms with Crippen molar-refractivity contribution >= 4 is 16.8 Å². The summed E-state index contributed by atoms with van der Waals surface area (Å²) in [5.41, 5.74) is 24.4. The number of pyridine rings is 4. The Morgan fingerprint density at radius 3 is 1.24 bits per heavy atom. The zero-order valence-electron chi connectivity index (χ0n) is 60.0. The minimum Gasteiger partial charge on any atom is -0.201 e. The largest absolute Gasteiger partial charge is 0.220 e. The molecule has 0 aliphatic heterocycles. The summed E-state index contributed by atoms with van der Waals surface area (Å²) in [6, 6.07) is 64.5. The number of hydrogen-bond acceptors (Lipinski definition) is 0. The van der Waals surface area contributed by atoms with Crippen molar-refractivity contribution in [2.45, 2.75) is 165 Å². The molecule has 2 aliphatic rings. The van der Waals surface area contributed by atoms with Crippen LogP contribution in [0.1, 0.15) is 169 Å². The van der Waals surface area contributed by atoms with Gasteiger partial charge in [0.25, 0.3) is 0 Å². The van der Waals surface area contributed by atoms with Gasteiger partial charge in [0, 0.05) is 58.7 Å². The van der Waals surface area contributed by atoms with Gasteiger partial charge in [0.1, 0.15) is 28.2 Å². The van der Waals surface area contributed by atoms with Gasteiger partial charge in [-0.1, -0.05) is 246 Å². The average molecular weight is 1180 g/mol. The highest BCUT2D eigenvalue weighted by Gasteiger charge is 2.26. The van der Waals surface area contributed by atoms with Crippen LogP contribution in [-0.4, -0.2) is 0 Å². The van der Waals surface area contributed by atoms with E-state index < -0.39 is 0 Å². The number of rotatable bonds is 4. The minimum absolute atomic E-state index is 1.04. The highest BCUT2D eigenvalue weighted by Crippen LogP contribution is 2.42. The summed E-state index contributed by atoms with van der Waals surface area (Å²) in [6.45, 7) is 44.7. The third kappa shape index (κ3) is 21.7. The average Bonchev–Trinajstić information content (AvgIpc) is 3.52. The lowest BCUT2D eigenvalue weighted by atomic mass is 9.94. The topological polar surface area (TPSA) is 15.5 Å². The number of hydrogen-bond donors (Lipinski definition) is 0.